The third-order valence-electron chi connectivity index (χ3n) is 2.18. The molecule has 0 aliphatic heterocycles. The molecule has 92 valence electrons. The molecule has 0 atom stereocenters. The van der Waals surface area contributed by atoms with Crippen molar-refractivity contribution in [3.8, 4) is 0 Å². The summed E-state index contributed by atoms with van der Waals surface area (Å²) in [7, 11) is 0. The molecule has 1 aromatic heterocycles. The van der Waals surface area contributed by atoms with E-state index >= 15 is 0 Å². The quantitative estimate of drug-likeness (QED) is 0.678. The lowest BCUT2D eigenvalue weighted by Gasteiger charge is -1.99. The predicted molar refractivity (Wildman–Crippen MR) is 75.2 cm³/mol. The van der Waals surface area contributed by atoms with Crippen LogP contribution >= 0.6 is 22.9 Å². The first-order valence-electron chi connectivity index (χ1n) is 5.35. The lowest BCUT2D eigenvalue weighted by Crippen LogP contribution is -2.19. The molecule has 0 spiro atoms. The Morgan fingerprint density at radius 2 is 2.06 bits per heavy atom. The lowest BCUT2D eigenvalue weighted by molar-refractivity contribution is -0.120. The Kier molecular flexibility index (Phi) is 4.50. The van der Waals surface area contributed by atoms with Gasteiger partial charge in [0.05, 0.1) is 17.0 Å². The number of carbonyl (C=O) groups is 1. The minimum Gasteiger partial charge on any atom is -0.273 e. The Hall–Kier alpha value is -1.65. The molecule has 3 nitrogen and oxygen atoms in total. The SMILES string of the molecule is O=C(Cc1ccccc1)NN=Cc1ccc(Cl)s1. The summed E-state index contributed by atoms with van der Waals surface area (Å²) in [5.41, 5.74) is 3.45. The van der Waals surface area contributed by atoms with E-state index in [1.165, 1.54) is 11.3 Å². The first kappa shape index (κ1) is 12.8. The Morgan fingerprint density at radius 3 is 2.72 bits per heavy atom. The summed E-state index contributed by atoms with van der Waals surface area (Å²) in [6, 6.07) is 13.2. The number of benzene rings is 1. The summed E-state index contributed by atoms with van der Waals surface area (Å²) in [4.78, 5) is 12.5. The number of halogens is 1. The van der Waals surface area contributed by atoms with Crippen molar-refractivity contribution in [1.29, 1.82) is 0 Å². The Morgan fingerprint density at radius 1 is 1.28 bits per heavy atom. The van der Waals surface area contributed by atoms with Crippen LogP contribution in [0.2, 0.25) is 4.34 Å². The van der Waals surface area contributed by atoms with Crippen molar-refractivity contribution in [3.63, 3.8) is 0 Å². The molecule has 1 heterocycles. The van der Waals surface area contributed by atoms with E-state index < -0.39 is 0 Å². The first-order chi connectivity index (χ1) is 8.74. The number of hydrogen-bond donors (Lipinski definition) is 1. The maximum atomic E-state index is 11.6. The fourth-order valence-corrected chi connectivity index (χ4v) is 2.32. The lowest BCUT2D eigenvalue weighted by atomic mass is 10.1. The fourth-order valence-electron chi connectivity index (χ4n) is 1.39. The molecule has 5 heteroatoms. The van der Waals surface area contributed by atoms with Gasteiger partial charge >= 0.3 is 0 Å². The van der Waals surface area contributed by atoms with Crippen LogP contribution in [0.3, 0.4) is 0 Å². The number of hydrazone groups is 1. The molecule has 0 bridgehead atoms. The van der Waals surface area contributed by atoms with Crippen LogP contribution in [0.15, 0.2) is 47.6 Å². The summed E-state index contributed by atoms with van der Waals surface area (Å²) in [5.74, 6) is -0.139. The van der Waals surface area contributed by atoms with Crippen LogP contribution in [0.1, 0.15) is 10.4 Å². The summed E-state index contributed by atoms with van der Waals surface area (Å²) < 4.78 is 0.701. The molecule has 0 aliphatic carbocycles. The molecular weight excluding hydrogens is 268 g/mol. The van der Waals surface area contributed by atoms with Crippen LogP contribution in [0.5, 0.6) is 0 Å². The number of hydrogen-bond acceptors (Lipinski definition) is 3. The van der Waals surface area contributed by atoms with Gasteiger partial charge in [0.15, 0.2) is 0 Å². The smallest absolute Gasteiger partial charge is 0.244 e. The second kappa shape index (κ2) is 6.33. The second-order valence-electron chi connectivity index (χ2n) is 3.60. The number of amides is 1. The molecule has 2 aromatic rings. The van der Waals surface area contributed by atoms with Crippen LogP contribution in [0, 0.1) is 0 Å². The van der Waals surface area contributed by atoms with Gasteiger partial charge in [-0.1, -0.05) is 41.9 Å². The average molecular weight is 279 g/mol. The molecule has 0 saturated heterocycles. The van der Waals surface area contributed by atoms with Crippen molar-refractivity contribution in [1.82, 2.24) is 5.43 Å². The highest BCUT2D eigenvalue weighted by atomic mass is 35.5. The molecule has 0 aliphatic rings. The maximum Gasteiger partial charge on any atom is 0.244 e. The highest BCUT2D eigenvalue weighted by Crippen LogP contribution is 2.19. The van der Waals surface area contributed by atoms with Crippen molar-refractivity contribution in [3.05, 3.63) is 57.2 Å². The van der Waals surface area contributed by atoms with Crippen LogP contribution in [0.25, 0.3) is 0 Å². The molecule has 18 heavy (non-hydrogen) atoms. The number of nitrogens with zero attached hydrogens (tertiary/aromatic N) is 1. The van der Waals surface area contributed by atoms with Crippen LogP contribution in [-0.4, -0.2) is 12.1 Å². The summed E-state index contributed by atoms with van der Waals surface area (Å²) in [5, 5.41) is 3.88. The molecule has 2 rings (SSSR count). The minimum absolute atomic E-state index is 0.139. The standard InChI is InChI=1S/C13H11ClN2OS/c14-12-7-6-11(18-12)9-15-16-13(17)8-10-4-2-1-3-5-10/h1-7,9H,8H2,(H,16,17). The topological polar surface area (TPSA) is 41.5 Å². The number of rotatable bonds is 4. The van der Waals surface area contributed by atoms with Crippen molar-refractivity contribution in [2.75, 3.05) is 0 Å². The number of thiophene rings is 1. The van der Waals surface area contributed by atoms with E-state index in [2.05, 4.69) is 10.5 Å². The molecule has 1 N–H and O–H groups in total. The molecule has 1 amide bonds. The van der Waals surface area contributed by atoms with E-state index in [-0.39, 0.29) is 5.91 Å². The van der Waals surface area contributed by atoms with E-state index in [1.54, 1.807) is 12.3 Å². The highest BCUT2D eigenvalue weighted by molar-refractivity contribution is 7.17. The van der Waals surface area contributed by atoms with Crippen LogP contribution in [-0.2, 0) is 11.2 Å². The van der Waals surface area contributed by atoms with Gasteiger partial charge in [0.1, 0.15) is 0 Å². The van der Waals surface area contributed by atoms with Crippen LogP contribution < -0.4 is 5.43 Å². The average Bonchev–Trinajstić information content (AvgIpc) is 2.76. The van der Waals surface area contributed by atoms with Gasteiger partial charge in [-0.2, -0.15) is 5.10 Å². The molecule has 0 radical (unpaired) electrons. The Balaban J connectivity index is 1.83. The van der Waals surface area contributed by atoms with Crippen molar-refractivity contribution < 1.29 is 4.79 Å². The Bertz CT molecular complexity index is 551. The first-order valence-corrected chi connectivity index (χ1v) is 6.54. The summed E-state index contributed by atoms with van der Waals surface area (Å²) in [6.07, 6.45) is 1.91. The van der Waals surface area contributed by atoms with E-state index in [9.17, 15) is 4.79 Å². The predicted octanol–water partition coefficient (Wildman–Crippen LogP) is 3.09. The number of carbonyl (C=O) groups excluding carboxylic acids is 1. The molecular formula is C13H11ClN2OS. The van der Waals surface area contributed by atoms with Gasteiger partial charge in [-0.3, -0.25) is 4.79 Å². The van der Waals surface area contributed by atoms with Gasteiger partial charge in [-0.05, 0) is 17.7 Å². The monoisotopic (exact) mass is 278 g/mol. The zero-order valence-electron chi connectivity index (χ0n) is 9.47. The van der Waals surface area contributed by atoms with Crippen LogP contribution in [0.4, 0.5) is 0 Å². The zero-order valence-corrected chi connectivity index (χ0v) is 11.0. The van der Waals surface area contributed by atoms with Crippen molar-refractivity contribution in [2.45, 2.75) is 6.42 Å². The van der Waals surface area contributed by atoms with Crippen molar-refractivity contribution >= 4 is 35.1 Å². The van der Waals surface area contributed by atoms with Gasteiger partial charge < -0.3 is 0 Å². The molecule has 0 unspecified atom stereocenters. The van der Waals surface area contributed by atoms with Gasteiger partial charge in [0.2, 0.25) is 5.91 Å². The molecule has 1 aromatic carbocycles. The third-order valence-corrected chi connectivity index (χ3v) is 3.35. The van der Waals surface area contributed by atoms with E-state index in [0.717, 1.165) is 10.4 Å². The van der Waals surface area contributed by atoms with E-state index in [4.69, 9.17) is 11.6 Å². The van der Waals surface area contributed by atoms with E-state index in [0.29, 0.717) is 10.8 Å². The van der Waals surface area contributed by atoms with Gasteiger partial charge in [-0.25, -0.2) is 5.43 Å². The second-order valence-corrected chi connectivity index (χ2v) is 5.34. The zero-order chi connectivity index (χ0) is 12.8. The molecule has 0 saturated carbocycles. The fraction of sp³-hybridized carbons (Fsp3) is 0.0769. The largest absolute Gasteiger partial charge is 0.273 e. The van der Waals surface area contributed by atoms with Gasteiger partial charge in [-0.15, -0.1) is 11.3 Å². The van der Waals surface area contributed by atoms with Gasteiger partial charge in [0.25, 0.3) is 0 Å². The van der Waals surface area contributed by atoms with E-state index in [1.807, 2.05) is 36.4 Å². The van der Waals surface area contributed by atoms with Gasteiger partial charge in [0, 0.05) is 4.88 Å². The summed E-state index contributed by atoms with van der Waals surface area (Å²) >= 11 is 7.19. The normalized spacial score (nSPS) is 10.7. The summed E-state index contributed by atoms with van der Waals surface area (Å²) in [6.45, 7) is 0. The maximum absolute atomic E-state index is 11.6. The molecule has 0 fully saturated rings. The highest BCUT2D eigenvalue weighted by Gasteiger charge is 2.00. The number of nitrogens with one attached hydrogen (secondary N) is 1. The van der Waals surface area contributed by atoms with Crippen molar-refractivity contribution in [2.24, 2.45) is 5.10 Å². The Labute approximate surface area is 114 Å². The third kappa shape index (κ3) is 3.98. The minimum atomic E-state index is -0.139.